The highest BCUT2D eigenvalue weighted by Gasteiger charge is 2.14. The summed E-state index contributed by atoms with van der Waals surface area (Å²) in [6.07, 6.45) is 4.23. The Balaban J connectivity index is 1.51. The average molecular weight is 416 g/mol. The molecule has 0 aliphatic carbocycles. The molecule has 8 nitrogen and oxygen atoms in total. The number of hydrogen-bond acceptors (Lipinski definition) is 6. The number of ether oxygens (including phenoxy) is 1. The van der Waals surface area contributed by atoms with Gasteiger partial charge in [0.1, 0.15) is 5.69 Å². The van der Waals surface area contributed by atoms with Crippen LogP contribution in [0.15, 0.2) is 60.9 Å². The largest absolute Gasteiger partial charge is 0.385 e. The summed E-state index contributed by atoms with van der Waals surface area (Å²) in [6, 6.07) is 15.2. The Hall–Kier alpha value is -3.78. The number of nitrogens with zero attached hydrogens (tertiary/aromatic N) is 4. The lowest BCUT2D eigenvalue weighted by Crippen LogP contribution is -2.28. The highest BCUT2D eigenvalue weighted by atomic mass is 16.5. The first-order valence-electron chi connectivity index (χ1n) is 10.0. The maximum atomic E-state index is 12.7. The van der Waals surface area contributed by atoms with Crippen LogP contribution in [-0.2, 0) is 4.74 Å². The summed E-state index contributed by atoms with van der Waals surface area (Å²) >= 11 is 0. The number of benzene rings is 1. The molecular formula is C23H24N6O2. The van der Waals surface area contributed by atoms with Gasteiger partial charge >= 0.3 is 0 Å². The molecule has 0 radical (unpaired) electrons. The molecule has 31 heavy (non-hydrogen) atoms. The molecule has 4 rings (SSSR count). The molecule has 4 aromatic rings. The Bertz CT molecular complexity index is 1180. The number of anilines is 2. The van der Waals surface area contributed by atoms with Crippen molar-refractivity contribution < 1.29 is 9.53 Å². The molecule has 0 unspecified atom stereocenters. The molecular weight excluding hydrogens is 392 g/mol. The molecule has 0 aliphatic rings. The minimum Gasteiger partial charge on any atom is -0.385 e. The lowest BCUT2D eigenvalue weighted by Gasteiger charge is -2.15. The molecule has 0 aliphatic heterocycles. The third kappa shape index (κ3) is 4.87. The summed E-state index contributed by atoms with van der Waals surface area (Å²) in [7, 11) is 3.45. The fraction of sp³-hybridized carbons (Fsp3) is 0.217. The third-order valence-corrected chi connectivity index (χ3v) is 4.88. The number of aromatic amines is 1. The normalized spacial score (nSPS) is 10.9. The van der Waals surface area contributed by atoms with Crippen LogP contribution in [0.4, 0.5) is 11.6 Å². The molecule has 158 valence electrons. The topological polar surface area (TPSA) is 96.0 Å². The summed E-state index contributed by atoms with van der Waals surface area (Å²) in [6.45, 7) is 1.27. The number of aromatic nitrogens is 4. The third-order valence-electron chi connectivity index (χ3n) is 4.88. The predicted molar refractivity (Wildman–Crippen MR) is 120 cm³/mol. The molecule has 0 saturated heterocycles. The highest BCUT2D eigenvalue weighted by Crippen LogP contribution is 2.23. The highest BCUT2D eigenvalue weighted by molar-refractivity contribution is 5.98. The van der Waals surface area contributed by atoms with E-state index in [0.29, 0.717) is 24.8 Å². The molecule has 0 spiro atoms. The van der Waals surface area contributed by atoms with Crippen LogP contribution >= 0.6 is 0 Å². The molecule has 1 amide bonds. The summed E-state index contributed by atoms with van der Waals surface area (Å²) < 4.78 is 5.05. The van der Waals surface area contributed by atoms with E-state index < -0.39 is 0 Å². The molecule has 0 atom stereocenters. The first kappa shape index (κ1) is 20.5. The number of carbonyl (C=O) groups excluding carboxylic acids is 1. The van der Waals surface area contributed by atoms with E-state index in [0.717, 1.165) is 34.4 Å². The van der Waals surface area contributed by atoms with E-state index in [1.807, 2.05) is 48.5 Å². The van der Waals surface area contributed by atoms with Gasteiger partial charge in [-0.2, -0.15) is 0 Å². The van der Waals surface area contributed by atoms with Gasteiger partial charge in [-0.25, -0.2) is 9.97 Å². The van der Waals surface area contributed by atoms with Gasteiger partial charge in [-0.1, -0.05) is 6.07 Å². The molecule has 3 aromatic heterocycles. The minimum absolute atomic E-state index is 0.0480. The van der Waals surface area contributed by atoms with Gasteiger partial charge in [-0.3, -0.25) is 9.78 Å². The Kier molecular flexibility index (Phi) is 6.18. The SMILES string of the molecule is COCCCN(C)C(=O)c1cc2cc(Nc3nccc(-c4ccccn4)n3)ccc2[nH]1. The van der Waals surface area contributed by atoms with Crippen molar-refractivity contribution in [3.05, 3.63) is 66.6 Å². The maximum absolute atomic E-state index is 12.7. The molecule has 0 bridgehead atoms. The fourth-order valence-electron chi connectivity index (χ4n) is 3.28. The number of nitrogens with one attached hydrogen (secondary N) is 2. The number of carbonyl (C=O) groups is 1. The molecule has 2 N–H and O–H groups in total. The Morgan fingerprint density at radius 1 is 1.10 bits per heavy atom. The van der Waals surface area contributed by atoms with E-state index in [4.69, 9.17) is 4.74 Å². The van der Waals surface area contributed by atoms with E-state index in [9.17, 15) is 4.79 Å². The van der Waals surface area contributed by atoms with Crippen molar-refractivity contribution in [1.29, 1.82) is 0 Å². The lowest BCUT2D eigenvalue weighted by molar-refractivity contribution is 0.0774. The quantitative estimate of drug-likeness (QED) is 0.423. The molecule has 1 aromatic carbocycles. The molecule has 0 saturated carbocycles. The predicted octanol–water partition coefficient (Wildman–Crippen LogP) is 3.87. The van der Waals surface area contributed by atoms with Crippen LogP contribution in [0.3, 0.4) is 0 Å². The van der Waals surface area contributed by atoms with Crippen LogP contribution in [0.2, 0.25) is 0 Å². The fourth-order valence-corrected chi connectivity index (χ4v) is 3.28. The van der Waals surface area contributed by atoms with Gasteiger partial charge in [0.25, 0.3) is 5.91 Å². The van der Waals surface area contributed by atoms with Crippen LogP contribution in [0.1, 0.15) is 16.9 Å². The van der Waals surface area contributed by atoms with Gasteiger partial charge in [0.05, 0.1) is 11.4 Å². The number of H-pyrrole nitrogens is 1. The van der Waals surface area contributed by atoms with Gasteiger partial charge in [-0.15, -0.1) is 0 Å². The van der Waals surface area contributed by atoms with Gasteiger partial charge in [0.2, 0.25) is 5.95 Å². The number of pyridine rings is 1. The Morgan fingerprint density at radius 2 is 2.00 bits per heavy atom. The second kappa shape index (κ2) is 9.36. The summed E-state index contributed by atoms with van der Waals surface area (Å²) in [5.74, 6) is 0.431. The van der Waals surface area contributed by atoms with Crippen LogP contribution < -0.4 is 5.32 Å². The van der Waals surface area contributed by atoms with Crippen molar-refractivity contribution in [2.45, 2.75) is 6.42 Å². The second-order valence-electron chi connectivity index (χ2n) is 7.16. The number of rotatable bonds is 8. The first-order chi connectivity index (χ1) is 15.1. The zero-order valence-electron chi connectivity index (χ0n) is 17.5. The van der Waals surface area contributed by atoms with Crippen LogP contribution in [-0.4, -0.2) is 58.1 Å². The molecule has 3 heterocycles. The Morgan fingerprint density at radius 3 is 2.81 bits per heavy atom. The van der Waals surface area contributed by atoms with Crippen molar-refractivity contribution in [3.63, 3.8) is 0 Å². The van der Waals surface area contributed by atoms with E-state index in [-0.39, 0.29) is 5.91 Å². The average Bonchev–Trinajstić information content (AvgIpc) is 3.23. The first-order valence-corrected chi connectivity index (χ1v) is 10.0. The lowest BCUT2D eigenvalue weighted by atomic mass is 10.2. The van der Waals surface area contributed by atoms with E-state index in [1.165, 1.54) is 0 Å². The molecule has 0 fully saturated rings. The standard InChI is InChI=1S/C23H24N6O2/c1-29(12-5-13-31-2)22(30)21-15-16-14-17(7-8-18(16)27-21)26-23-25-11-9-20(28-23)19-6-3-4-10-24-19/h3-4,6-11,14-15,27H,5,12-13H2,1-2H3,(H,25,26,28). The zero-order valence-corrected chi connectivity index (χ0v) is 17.5. The van der Waals surface area contributed by atoms with Gasteiger partial charge < -0.3 is 19.9 Å². The van der Waals surface area contributed by atoms with Gasteiger partial charge in [0.15, 0.2) is 0 Å². The van der Waals surface area contributed by atoms with Crippen molar-refractivity contribution in [2.24, 2.45) is 0 Å². The van der Waals surface area contributed by atoms with Crippen LogP contribution in [0.25, 0.3) is 22.3 Å². The number of fused-ring (bicyclic) bond motifs is 1. The van der Waals surface area contributed by atoms with E-state index in [2.05, 4.69) is 25.3 Å². The monoisotopic (exact) mass is 416 g/mol. The zero-order chi connectivity index (χ0) is 21.6. The van der Waals surface area contributed by atoms with Gasteiger partial charge in [0, 0.05) is 56.3 Å². The van der Waals surface area contributed by atoms with Crippen molar-refractivity contribution >= 4 is 28.4 Å². The Labute approximate surface area is 180 Å². The summed E-state index contributed by atoms with van der Waals surface area (Å²) in [4.78, 5) is 30.7. The summed E-state index contributed by atoms with van der Waals surface area (Å²) in [5, 5.41) is 4.16. The van der Waals surface area contributed by atoms with Crippen molar-refractivity contribution in [1.82, 2.24) is 24.8 Å². The van der Waals surface area contributed by atoms with Crippen LogP contribution in [0, 0.1) is 0 Å². The smallest absolute Gasteiger partial charge is 0.270 e. The van der Waals surface area contributed by atoms with Gasteiger partial charge in [-0.05, 0) is 48.9 Å². The van der Waals surface area contributed by atoms with Crippen molar-refractivity contribution in [3.8, 4) is 11.4 Å². The maximum Gasteiger partial charge on any atom is 0.270 e. The summed E-state index contributed by atoms with van der Waals surface area (Å²) in [5.41, 5.74) is 3.80. The van der Waals surface area contributed by atoms with Crippen molar-refractivity contribution in [2.75, 3.05) is 32.6 Å². The molecule has 8 heteroatoms. The van der Waals surface area contributed by atoms with Crippen LogP contribution in [0.5, 0.6) is 0 Å². The number of hydrogen-bond donors (Lipinski definition) is 2. The van der Waals surface area contributed by atoms with E-state index in [1.54, 1.807) is 31.5 Å². The number of methoxy groups -OCH3 is 1. The number of amides is 1. The minimum atomic E-state index is -0.0480. The second-order valence-corrected chi connectivity index (χ2v) is 7.16. The van der Waals surface area contributed by atoms with E-state index >= 15 is 0 Å².